The molecule has 2 N–H and O–H groups in total. The van der Waals surface area contributed by atoms with Crippen LogP contribution in [-0.2, 0) is 11.3 Å². The minimum Gasteiger partial charge on any atom is -0.427 e. The summed E-state index contributed by atoms with van der Waals surface area (Å²) < 4.78 is 5.11. The van der Waals surface area contributed by atoms with Crippen molar-refractivity contribution in [2.75, 3.05) is 0 Å². The quantitative estimate of drug-likeness (QED) is 0.640. The molecule has 94 valence electrons. The normalized spacial score (nSPS) is 11.3. The van der Waals surface area contributed by atoms with Crippen LogP contribution >= 0.6 is 0 Å². The summed E-state index contributed by atoms with van der Waals surface area (Å²) in [5.41, 5.74) is 1.46. The minimum absolute atomic E-state index is 0.195. The molecule has 3 nitrogen and oxygen atoms in total. The highest BCUT2D eigenvalue weighted by Crippen LogP contribution is 2.12. The van der Waals surface area contributed by atoms with E-state index >= 15 is 0 Å². The maximum Gasteiger partial charge on any atom is 0.310 e. The van der Waals surface area contributed by atoms with Gasteiger partial charge in [-0.3, -0.25) is 4.79 Å². The molecule has 0 amide bonds. The highest BCUT2D eigenvalue weighted by Gasteiger charge is 2.12. The predicted octanol–water partition coefficient (Wildman–Crippen LogP) is 1.86. The first-order chi connectivity index (χ1) is 7.90. The third-order valence-electron chi connectivity index (χ3n) is 2.39. The Bertz CT molecular complexity index is 363. The Labute approximate surface area is 103 Å². The van der Waals surface area contributed by atoms with Gasteiger partial charge >= 0.3 is 5.97 Å². The zero-order valence-electron chi connectivity index (χ0n) is 11.1. The lowest BCUT2D eigenvalue weighted by atomic mass is 10.1. The number of carbonyl (C=O) groups is 1. The number of hydrogen-bond acceptors (Lipinski definition) is 2. The Morgan fingerprint density at radius 3 is 2.29 bits per heavy atom. The van der Waals surface area contributed by atoms with E-state index in [1.165, 1.54) is 5.56 Å². The standard InChI is InChI=1S/C14H21NO2/c1-5-13(16)17-12-8-6-11(7-9-12)10-15-14(2,3)4/h6-9,15H,5,10H2,1-4H3/p+1. The Hall–Kier alpha value is -1.35. The van der Waals surface area contributed by atoms with Gasteiger partial charge in [0.25, 0.3) is 0 Å². The second-order valence-electron chi connectivity index (χ2n) is 5.25. The summed E-state index contributed by atoms with van der Waals surface area (Å²) in [6, 6.07) is 7.69. The first-order valence-electron chi connectivity index (χ1n) is 6.04. The van der Waals surface area contributed by atoms with Gasteiger partial charge in [-0.05, 0) is 45.0 Å². The molecule has 0 aromatic heterocycles. The van der Waals surface area contributed by atoms with Gasteiger partial charge in [-0.25, -0.2) is 0 Å². The van der Waals surface area contributed by atoms with Gasteiger partial charge in [0.15, 0.2) is 0 Å². The summed E-state index contributed by atoms with van der Waals surface area (Å²) in [6.45, 7) is 9.28. The summed E-state index contributed by atoms with van der Waals surface area (Å²) in [5, 5.41) is 2.28. The van der Waals surface area contributed by atoms with E-state index in [9.17, 15) is 4.79 Å². The molecule has 0 saturated heterocycles. The average molecular weight is 236 g/mol. The third kappa shape index (κ3) is 5.50. The zero-order chi connectivity index (χ0) is 12.9. The highest BCUT2D eigenvalue weighted by atomic mass is 16.5. The molecule has 0 aliphatic heterocycles. The lowest BCUT2D eigenvalue weighted by molar-refractivity contribution is -0.731. The topological polar surface area (TPSA) is 42.9 Å². The number of quaternary nitrogens is 1. The van der Waals surface area contributed by atoms with Crippen LogP contribution in [0.2, 0.25) is 0 Å². The maximum atomic E-state index is 11.1. The summed E-state index contributed by atoms with van der Waals surface area (Å²) in [6.07, 6.45) is 0.402. The molecule has 0 radical (unpaired) electrons. The van der Waals surface area contributed by atoms with Gasteiger partial charge in [0, 0.05) is 12.0 Å². The number of esters is 1. The van der Waals surface area contributed by atoms with Gasteiger partial charge in [0.05, 0.1) is 5.54 Å². The van der Waals surface area contributed by atoms with Crippen molar-refractivity contribution < 1.29 is 14.8 Å². The molecule has 0 fully saturated rings. The molecule has 1 aromatic rings. The third-order valence-corrected chi connectivity index (χ3v) is 2.39. The van der Waals surface area contributed by atoms with E-state index < -0.39 is 0 Å². The van der Waals surface area contributed by atoms with E-state index in [1.807, 2.05) is 24.3 Å². The lowest BCUT2D eigenvalue weighted by Crippen LogP contribution is -2.92. The Kier molecular flexibility index (Phi) is 4.70. The summed E-state index contributed by atoms with van der Waals surface area (Å²) >= 11 is 0. The Balaban J connectivity index is 2.53. The van der Waals surface area contributed by atoms with Crippen LogP contribution in [0.15, 0.2) is 24.3 Å². The van der Waals surface area contributed by atoms with E-state index in [0.717, 1.165) is 6.54 Å². The van der Waals surface area contributed by atoms with Gasteiger partial charge in [-0.2, -0.15) is 0 Å². The first-order valence-corrected chi connectivity index (χ1v) is 6.04. The molecule has 0 atom stereocenters. The van der Waals surface area contributed by atoms with Crippen LogP contribution in [0.25, 0.3) is 0 Å². The van der Waals surface area contributed by atoms with Gasteiger partial charge in [-0.15, -0.1) is 0 Å². The van der Waals surface area contributed by atoms with Crippen molar-refractivity contribution in [3.63, 3.8) is 0 Å². The molecule has 3 heteroatoms. The monoisotopic (exact) mass is 236 g/mol. The summed E-state index contributed by atoms with van der Waals surface area (Å²) in [5.74, 6) is 0.426. The molecule has 0 saturated carbocycles. The van der Waals surface area contributed by atoms with Gasteiger partial charge < -0.3 is 10.1 Å². The smallest absolute Gasteiger partial charge is 0.310 e. The fourth-order valence-corrected chi connectivity index (χ4v) is 1.32. The van der Waals surface area contributed by atoms with Crippen LogP contribution in [0.4, 0.5) is 0 Å². The van der Waals surface area contributed by atoms with E-state index in [0.29, 0.717) is 12.2 Å². The molecular formula is C14H22NO2+. The Morgan fingerprint density at radius 2 is 1.82 bits per heavy atom. The van der Waals surface area contributed by atoms with Crippen LogP contribution in [0.5, 0.6) is 5.75 Å². The number of ether oxygens (including phenoxy) is 1. The first kappa shape index (κ1) is 13.7. The van der Waals surface area contributed by atoms with E-state index in [-0.39, 0.29) is 11.5 Å². The van der Waals surface area contributed by atoms with E-state index in [2.05, 4.69) is 26.1 Å². The number of benzene rings is 1. The number of nitrogens with two attached hydrogens (primary N) is 1. The number of hydrogen-bond donors (Lipinski definition) is 1. The fraction of sp³-hybridized carbons (Fsp3) is 0.500. The van der Waals surface area contributed by atoms with Gasteiger partial charge in [-0.1, -0.05) is 6.92 Å². The fourth-order valence-electron chi connectivity index (χ4n) is 1.32. The molecule has 0 spiro atoms. The summed E-state index contributed by atoms with van der Waals surface area (Å²) in [7, 11) is 0. The molecule has 0 bridgehead atoms. The second-order valence-corrected chi connectivity index (χ2v) is 5.25. The number of carbonyl (C=O) groups excluding carboxylic acids is 1. The van der Waals surface area contributed by atoms with Crippen molar-refractivity contribution in [1.29, 1.82) is 0 Å². The average Bonchev–Trinajstić information content (AvgIpc) is 2.27. The van der Waals surface area contributed by atoms with Crippen LogP contribution in [0.3, 0.4) is 0 Å². The van der Waals surface area contributed by atoms with Crippen molar-refractivity contribution >= 4 is 5.97 Å². The largest absolute Gasteiger partial charge is 0.427 e. The molecule has 0 aliphatic carbocycles. The molecular weight excluding hydrogens is 214 g/mol. The van der Waals surface area contributed by atoms with Crippen LogP contribution in [0, 0.1) is 0 Å². The predicted molar refractivity (Wildman–Crippen MR) is 67.8 cm³/mol. The zero-order valence-corrected chi connectivity index (χ0v) is 11.1. The second kappa shape index (κ2) is 5.82. The lowest BCUT2D eigenvalue weighted by Gasteiger charge is -2.16. The van der Waals surface area contributed by atoms with Crippen molar-refractivity contribution in [3.8, 4) is 5.75 Å². The molecule has 1 rings (SSSR count). The van der Waals surface area contributed by atoms with Crippen LogP contribution in [0.1, 0.15) is 39.7 Å². The number of rotatable bonds is 4. The Morgan fingerprint density at radius 1 is 1.24 bits per heavy atom. The van der Waals surface area contributed by atoms with E-state index in [4.69, 9.17) is 4.74 Å². The summed E-state index contributed by atoms with van der Waals surface area (Å²) in [4.78, 5) is 11.1. The molecule has 0 aliphatic rings. The molecule has 1 aromatic carbocycles. The highest BCUT2D eigenvalue weighted by molar-refractivity contribution is 5.71. The minimum atomic E-state index is -0.195. The van der Waals surface area contributed by atoms with Crippen LogP contribution in [-0.4, -0.2) is 11.5 Å². The molecule has 0 unspecified atom stereocenters. The van der Waals surface area contributed by atoms with E-state index in [1.54, 1.807) is 6.92 Å². The van der Waals surface area contributed by atoms with Crippen molar-refractivity contribution in [1.82, 2.24) is 0 Å². The van der Waals surface area contributed by atoms with Crippen molar-refractivity contribution in [3.05, 3.63) is 29.8 Å². The molecule has 17 heavy (non-hydrogen) atoms. The van der Waals surface area contributed by atoms with Gasteiger partial charge in [0.2, 0.25) is 0 Å². The SMILES string of the molecule is CCC(=O)Oc1ccc(C[NH2+]C(C)(C)C)cc1. The van der Waals surface area contributed by atoms with Crippen molar-refractivity contribution in [2.45, 2.75) is 46.2 Å². The van der Waals surface area contributed by atoms with Gasteiger partial charge in [0.1, 0.15) is 12.3 Å². The maximum absolute atomic E-state index is 11.1. The van der Waals surface area contributed by atoms with Crippen LogP contribution < -0.4 is 10.1 Å². The van der Waals surface area contributed by atoms with Crippen molar-refractivity contribution in [2.24, 2.45) is 0 Å². The molecule has 0 heterocycles.